The number of nitrogens with zero attached hydrogens (tertiary/aromatic N) is 5. The van der Waals surface area contributed by atoms with Crippen molar-refractivity contribution in [1.82, 2.24) is 40.6 Å². The van der Waals surface area contributed by atoms with Crippen molar-refractivity contribution in [3.8, 4) is 11.4 Å². The van der Waals surface area contributed by atoms with E-state index >= 15 is 0 Å². The average Bonchev–Trinajstić information content (AvgIpc) is 3.82. The maximum Gasteiger partial charge on any atom is 0.322 e. The standard InChI is InChI=1S/C20H22ClFN4O.C18H26FN3O.C17H20ClF3N2O.2C2H7N.2C2H6/c21-18-7-6-15(20-24-10-17(22)11-25-20)9-16(18)12-26(13-27)19(23)8-14-4-2-1-3-5-14;1-21-18(23)22(13-14-8-4-2-3-5-9-14)17(20)12-15-10-6-7-11-16(15)19;18-15-10-14(19)2-1-13(15)9-16(22)23(11-24)8-5-12-3-6-17(20,21)7-4-12;2*1-3-2;2*1-2/h6-7,9-11,13-14,23H,1-5,8,12H2;6-7,10-11,14,20H,2-5,8-9,12-13H2,1H3,(H,21,23);1-2,10-12,22H,3-9H2;2*3H,1-2H3;2*1-2H3. The number of hydrogen-bond acceptors (Lipinski definition) is 10. The van der Waals surface area contributed by atoms with Crippen molar-refractivity contribution in [2.24, 2.45) is 17.8 Å². The Balaban J connectivity index is 0.000000585. The number of urea groups is 1. The highest BCUT2D eigenvalue weighted by Crippen LogP contribution is 2.37. The predicted octanol–water partition coefficient (Wildman–Crippen LogP) is 15.2. The van der Waals surface area contributed by atoms with Gasteiger partial charge in [-0.05, 0) is 131 Å². The number of carbonyl (C=O) groups excluding carboxylic acids is 3. The lowest BCUT2D eigenvalue weighted by Gasteiger charge is -2.29. The maximum absolute atomic E-state index is 13.8. The van der Waals surface area contributed by atoms with Gasteiger partial charge in [-0.1, -0.05) is 133 Å². The molecule has 84 heavy (non-hydrogen) atoms. The predicted molar refractivity (Wildman–Crippen MR) is 333 cm³/mol. The van der Waals surface area contributed by atoms with Crippen molar-refractivity contribution in [1.29, 1.82) is 16.2 Å². The molecule has 4 aromatic rings. The highest BCUT2D eigenvalue weighted by molar-refractivity contribution is 6.31. The Hall–Kier alpha value is -5.89. The highest BCUT2D eigenvalue weighted by atomic mass is 35.5. The number of amidine groups is 3. The molecule has 14 nitrogen and oxygen atoms in total. The van der Waals surface area contributed by atoms with Crippen molar-refractivity contribution in [2.75, 3.05) is 48.3 Å². The molecule has 0 atom stereocenters. The van der Waals surface area contributed by atoms with Crippen LogP contribution in [0.25, 0.3) is 11.4 Å². The van der Waals surface area contributed by atoms with Crippen molar-refractivity contribution in [3.63, 3.8) is 0 Å². The zero-order valence-electron chi connectivity index (χ0n) is 51.0. The summed E-state index contributed by atoms with van der Waals surface area (Å²) in [5.74, 6) is -1.91. The van der Waals surface area contributed by atoms with Gasteiger partial charge in [0.15, 0.2) is 11.6 Å². The fourth-order valence-corrected chi connectivity index (χ4v) is 9.95. The molecule has 21 heteroatoms. The van der Waals surface area contributed by atoms with Crippen molar-refractivity contribution >= 4 is 59.6 Å². The van der Waals surface area contributed by atoms with E-state index < -0.39 is 17.6 Å². The third kappa shape index (κ3) is 29.3. The molecule has 0 aliphatic heterocycles. The third-order valence-corrected chi connectivity index (χ3v) is 14.6. The molecule has 3 saturated carbocycles. The van der Waals surface area contributed by atoms with Crippen LogP contribution in [0.2, 0.25) is 10.0 Å². The van der Waals surface area contributed by atoms with Gasteiger partial charge in [0.1, 0.15) is 29.1 Å². The van der Waals surface area contributed by atoms with Gasteiger partial charge in [0.2, 0.25) is 18.7 Å². The van der Waals surface area contributed by atoms with Gasteiger partial charge >= 0.3 is 6.03 Å². The molecule has 3 aliphatic rings. The van der Waals surface area contributed by atoms with Gasteiger partial charge < -0.3 is 20.9 Å². The minimum atomic E-state index is -2.56. The summed E-state index contributed by atoms with van der Waals surface area (Å²) in [5.41, 5.74) is 2.39. The Morgan fingerprint density at radius 2 is 1.17 bits per heavy atom. The fourth-order valence-electron chi connectivity index (χ4n) is 9.54. The molecule has 0 bridgehead atoms. The quantitative estimate of drug-likeness (QED) is 0.0211. The summed E-state index contributed by atoms with van der Waals surface area (Å²) < 4.78 is 66.1. The number of benzene rings is 3. The summed E-state index contributed by atoms with van der Waals surface area (Å²) in [6.07, 6.45) is 18.5. The van der Waals surface area contributed by atoms with E-state index in [1.165, 1.54) is 77.8 Å². The summed E-state index contributed by atoms with van der Waals surface area (Å²) in [4.78, 5) is 47.0. The molecule has 3 fully saturated rings. The third-order valence-electron chi connectivity index (χ3n) is 13.9. The molecule has 0 saturated heterocycles. The first-order chi connectivity index (χ1) is 40.3. The molecule has 468 valence electrons. The number of halogens is 7. The first-order valence-corrected chi connectivity index (χ1v) is 30.2. The van der Waals surface area contributed by atoms with E-state index in [0.29, 0.717) is 102 Å². The average molecular weight is 1220 g/mol. The summed E-state index contributed by atoms with van der Waals surface area (Å²) >= 11 is 12.2. The maximum atomic E-state index is 13.8. The minimum Gasteiger partial charge on any atom is -0.341 e. The number of rotatable bonds is 16. The summed E-state index contributed by atoms with van der Waals surface area (Å²) in [5, 5.41) is 33.5. The molecule has 0 radical (unpaired) electrons. The SMILES string of the molecule is CC.CC.CNC.CNC.CNC(=O)N(CC1CCCCCC1)C(=N)Cc1ccccc1F.N=C(CC1CCCCC1)N(C=O)Cc1cc(-c2ncc(F)cn2)ccc1Cl.N=C(Cc1ccc(F)cc1Cl)N(C=O)CCC1CCC(F)(F)CC1. The Kier molecular flexibility index (Phi) is 39.6. The summed E-state index contributed by atoms with van der Waals surface area (Å²) in [7, 11) is 9.07. The lowest BCUT2D eigenvalue weighted by atomic mass is 9.85. The van der Waals surface area contributed by atoms with E-state index in [-0.39, 0.29) is 66.7 Å². The lowest BCUT2D eigenvalue weighted by molar-refractivity contribution is -0.116. The van der Waals surface area contributed by atoms with Crippen LogP contribution in [0.4, 0.5) is 26.7 Å². The van der Waals surface area contributed by atoms with Crippen LogP contribution in [0.15, 0.2) is 73.1 Å². The van der Waals surface area contributed by atoms with Crippen LogP contribution in [0.3, 0.4) is 0 Å². The molecule has 1 heterocycles. The second-order valence-electron chi connectivity index (χ2n) is 20.4. The fraction of sp³-hybridized carbons (Fsp3) is 0.556. The summed E-state index contributed by atoms with van der Waals surface area (Å²) in [6, 6.07) is 15.3. The Morgan fingerprint density at radius 3 is 1.70 bits per heavy atom. The molecular weight excluding hydrogens is 1120 g/mol. The second-order valence-corrected chi connectivity index (χ2v) is 21.2. The number of alkyl halides is 2. The minimum absolute atomic E-state index is 0.0552. The van der Waals surface area contributed by atoms with E-state index in [9.17, 15) is 36.3 Å². The number of hydrogen-bond donors (Lipinski definition) is 6. The van der Waals surface area contributed by atoms with Crippen LogP contribution in [0, 0.1) is 51.4 Å². The van der Waals surface area contributed by atoms with E-state index in [0.717, 1.165) is 44.1 Å². The number of aromatic nitrogens is 2. The van der Waals surface area contributed by atoms with Gasteiger partial charge in [0, 0.05) is 67.9 Å². The zero-order chi connectivity index (χ0) is 63.0. The van der Waals surface area contributed by atoms with Crippen LogP contribution in [0.1, 0.15) is 154 Å². The molecule has 0 spiro atoms. The van der Waals surface area contributed by atoms with Crippen LogP contribution in [0.5, 0.6) is 0 Å². The van der Waals surface area contributed by atoms with E-state index in [2.05, 4.69) is 25.9 Å². The molecular formula is C63H94Cl2F5N11O3. The van der Waals surface area contributed by atoms with Crippen LogP contribution in [-0.2, 0) is 29.0 Å². The van der Waals surface area contributed by atoms with Gasteiger partial charge in [-0.2, -0.15) is 0 Å². The molecule has 0 unspecified atom stereocenters. The van der Waals surface area contributed by atoms with Crippen molar-refractivity contribution in [3.05, 3.63) is 117 Å². The van der Waals surface area contributed by atoms with Gasteiger partial charge in [-0.3, -0.25) is 35.6 Å². The van der Waals surface area contributed by atoms with E-state index in [4.69, 9.17) is 39.4 Å². The molecule has 6 N–H and O–H groups in total. The molecule has 7 rings (SSSR count). The smallest absolute Gasteiger partial charge is 0.322 e. The highest BCUT2D eigenvalue weighted by Gasteiger charge is 2.35. The Bertz CT molecular complexity index is 2520. The molecule has 3 aromatic carbocycles. The van der Waals surface area contributed by atoms with E-state index in [1.54, 1.807) is 43.4 Å². The van der Waals surface area contributed by atoms with Gasteiger partial charge in [-0.15, -0.1) is 0 Å². The number of nitrogens with one attached hydrogen (secondary N) is 6. The lowest BCUT2D eigenvalue weighted by Crippen LogP contribution is -2.45. The molecule has 4 amide bonds. The van der Waals surface area contributed by atoms with Crippen LogP contribution < -0.4 is 16.0 Å². The largest absolute Gasteiger partial charge is 0.341 e. The van der Waals surface area contributed by atoms with Gasteiger partial charge in [0.25, 0.3) is 0 Å². The Morgan fingerprint density at radius 1 is 0.631 bits per heavy atom. The molecule has 1 aromatic heterocycles. The topological polar surface area (TPSA) is 194 Å². The summed E-state index contributed by atoms with van der Waals surface area (Å²) in [6.45, 7) is 9.08. The first-order valence-electron chi connectivity index (χ1n) is 29.5. The monoisotopic (exact) mass is 1220 g/mol. The Labute approximate surface area is 507 Å². The van der Waals surface area contributed by atoms with E-state index in [1.807, 2.05) is 55.9 Å². The van der Waals surface area contributed by atoms with Crippen LogP contribution >= 0.6 is 23.2 Å². The number of carbonyl (C=O) groups is 3. The van der Waals surface area contributed by atoms with Crippen molar-refractivity contribution in [2.45, 2.75) is 162 Å². The number of amides is 4. The van der Waals surface area contributed by atoms with Crippen LogP contribution in [-0.4, -0.2) is 115 Å². The normalized spacial score (nSPS) is 14.6. The van der Waals surface area contributed by atoms with Gasteiger partial charge in [0.05, 0.1) is 18.9 Å². The van der Waals surface area contributed by atoms with Gasteiger partial charge in [-0.25, -0.2) is 36.7 Å². The first kappa shape index (κ1) is 76.1. The van der Waals surface area contributed by atoms with Crippen molar-refractivity contribution < 1.29 is 36.3 Å². The second kappa shape index (κ2) is 43.7. The molecule has 3 aliphatic carbocycles. The zero-order valence-corrected chi connectivity index (χ0v) is 52.5.